The van der Waals surface area contributed by atoms with E-state index in [0.717, 1.165) is 43.6 Å². The monoisotopic (exact) mass is 415 g/mol. The summed E-state index contributed by atoms with van der Waals surface area (Å²) in [7, 11) is 0. The van der Waals surface area contributed by atoms with E-state index in [1.54, 1.807) is 0 Å². The number of aromatic nitrogens is 1. The third-order valence-electron chi connectivity index (χ3n) is 5.12. The van der Waals surface area contributed by atoms with E-state index in [-0.39, 0.29) is 27.5 Å². The van der Waals surface area contributed by atoms with Crippen LogP contribution in [0.4, 0.5) is 17.3 Å². The fraction of sp³-hybridized carbons (Fsp3) is 0.318. The van der Waals surface area contributed by atoms with Crippen molar-refractivity contribution >= 4 is 34.5 Å². The zero-order valence-electron chi connectivity index (χ0n) is 16.6. The lowest BCUT2D eigenvalue weighted by Gasteiger charge is -2.30. The van der Waals surface area contributed by atoms with Gasteiger partial charge in [0.25, 0.3) is 0 Å². The van der Waals surface area contributed by atoms with Crippen molar-refractivity contribution in [3.63, 3.8) is 0 Å². The summed E-state index contributed by atoms with van der Waals surface area (Å²) in [5, 5.41) is 32.6. The highest BCUT2D eigenvalue weighted by Crippen LogP contribution is 2.35. The number of nitrogens with zero attached hydrogens (tertiary/aromatic N) is 5. The molecular formula is C22H21N7S. The van der Waals surface area contributed by atoms with Gasteiger partial charge < -0.3 is 16.0 Å². The van der Waals surface area contributed by atoms with Crippen LogP contribution in [0.2, 0.25) is 0 Å². The maximum absolute atomic E-state index is 9.95. The van der Waals surface area contributed by atoms with E-state index in [1.165, 1.54) is 0 Å². The van der Waals surface area contributed by atoms with Gasteiger partial charge in [0, 0.05) is 24.3 Å². The van der Waals surface area contributed by atoms with Gasteiger partial charge in [0.2, 0.25) is 0 Å². The van der Waals surface area contributed by atoms with Gasteiger partial charge >= 0.3 is 0 Å². The van der Waals surface area contributed by atoms with Crippen LogP contribution in [0.25, 0.3) is 0 Å². The molecule has 1 aliphatic heterocycles. The third kappa shape index (κ3) is 4.17. The van der Waals surface area contributed by atoms with Gasteiger partial charge in [0.05, 0.1) is 6.07 Å². The molecule has 150 valence electrons. The molecule has 3 rings (SSSR count). The normalized spacial score (nSPS) is 14.1. The number of rotatable bonds is 4. The van der Waals surface area contributed by atoms with Gasteiger partial charge in [0.15, 0.2) is 0 Å². The molecule has 1 fully saturated rings. The second-order valence-corrected chi connectivity index (χ2v) is 7.61. The highest BCUT2D eigenvalue weighted by molar-refractivity contribution is 7.80. The summed E-state index contributed by atoms with van der Waals surface area (Å²) in [4.78, 5) is 6.55. The van der Waals surface area contributed by atoms with Gasteiger partial charge in [-0.15, -0.1) is 0 Å². The van der Waals surface area contributed by atoms with Crippen LogP contribution in [-0.4, -0.2) is 23.1 Å². The Morgan fingerprint density at radius 3 is 2.30 bits per heavy atom. The molecular weight excluding hydrogens is 394 g/mol. The van der Waals surface area contributed by atoms with Crippen molar-refractivity contribution in [2.24, 2.45) is 0 Å². The number of hydrogen-bond acceptors (Lipinski definition) is 7. The number of benzene rings is 1. The smallest absolute Gasteiger partial charge is 0.149 e. The number of nitrogens with two attached hydrogens (primary N) is 1. The van der Waals surface area contributed by atoms with Crippen LogP contribution in [-0.2, 0) is 0 Å². The van der Waals surface area contributed by atoms with Crippen molar-refractivity contribution in [3.8, 4) is 18.2 Å². The van der Waals surface area contributed by atoms with Crippen LogP contribution in [0.1, 0.15) is 47.4 Å². The summed E-state index contributed by atoms with van der Waals surface area (Å²) in [6, 6.07) is 13.9. The van der Waals surface area contributed by atoms with Gasteiger partial charge in [-0.05, 0) is 38.3 Å². The fourth-order valence-electron chi connectivity index (χ4n) is 3.57. The molecule has 3 N–H and O–H groups in total. The average Bonchev–Trinajstić information content (AvgIpc) is 2.76. The molecule has 1 aliphatic rings. The Kier molecular flexibility index (Phi) is 6.47. The first-order valence-corrected chi connectivity index (χ1v) is 10.1. The van der Waals surface area contributed by atoms with Crippen molar-refractivity contribution in [3.05, 3.63) is 46.5 Å². The number of thiocarbonyl (C=S) groups is 1. The summed E-state index contributed by atoms with van der Waals surface area (Å²) in [5.74, 6) is -0.591. The van der Waals surface area contributed by atoms with E-state index in [4.69, 9.17) is 18.0 Å². The van der Waals surface area contributed by atoms with Crippen LogP contribution in [0, 0.1) is 40.9 Å². The Morgan fingerprint density at radius 2 is 1.73 bits per heavy atom. The molecule has 1 aromatic carbocycles. The number of piperidine rings is 1. The van der Waals surface area contributed by atoms with E-state index >= 15 is 0 Å². The van der Waals surface area contributed by atoms with E-state index < -0.39 is 5.92 Å². The number of anilines is 3. The van der Waals surface area contributed by atoms with E-state index in [2.05, 4.69) is 22.4 Å². The van der Waals surface area contributed by atoms with Crippen LogP contribution in [0.3, 0.4) is 0 Å². The van der Waals surface area contributed by atoms with Crippen LogP contribution in [0.15, 0.2) is 24.3 Å². The molecule has 1 atom stereocenters. The fourth-order valence-corrected chi connectivity index (χ4v) is 3.85. The number of nitriles is 3. The van der Waals surface area contributed by atoms with Crippen molar-refractivity contribution in [2.45, 2.75) is 32.1 Å². The number of hydrogen-bond donors (Lipinski definition) is 2. The number of nitrogens with one attached hydrogen (secondary N) is 1. The Balaban J connectivity index is 2.09. The predicted molar refractivity (Wildman–Crippen MR) is 120 cm³/mol. The quantitative estimate of drug-likeness (QED) is 0.723. The molecule has 7 nitrogen and oxygen atoms in total. The lowest BCUT2D eigenvalue weighted by molar-refractivity contribution is 0.573. The third-order valence-corrected chi connectivity index (χ3v) is 5.46. The molecule has 30 heavy (non-hydrogen) atoms. The van der Waals surface area contributed by atoms with Gasteiger partial charge in [-0.2, -0.15) is 15.8 Å². The minimum Gasteiger partial charge on any atom is -0.383 e. The highest BCUT2D eigenvalue weighted by atomic mass is 32.1. The van der Waals surface area contributed by atoms with Crippen LogP contribution >= 0.6 is 12.2 Å². The lowest BCUT2D eigenvalue weighted by Crippen LogP contribution is -2.32. The second kappa shape index (κ2) is 9.22. The zero-order chi connectivity index (χ0) is 21.7. The van der Waals surface area contributed by atoms with Crippen molar-refractivity contribution in [1.82, 2.24) is 4.98 Å². The molecule has 8 heteroatoms. The van der Waals surface area contributed by atoms with E-state index in [1.807, 2.05) is 42.2 Å². The lowest BCUT2D eigenvalue weighted by atomic mass is 9.91. The van der Waals surface area contributed by atoms with Gasteiger partial charge in [0.1, 0.15) is 45.8 Å². The van der Waals surface area contributed by atoms with Crippen molar-refractivity contribution in [1.29, 1.82) is 15.8 Å². The van der Waals surface area contributed by atoms with Crippen molar-refractivity contribution < 1.29 is 0 Å². The van der Waals surface area contributed by atoms with Gasteiger partial charge in [-0.3, -0.25) is 0 Å². The summed E-state index contributed by atoms with van der Waals surface area (Å²) in [5.41, 5.74) is 8.32. The summed E-state index contributed by atoms with van der Waals surface area (Å²) < 4.78 is 0. The SMILES string of the molecule is Cc1ccc(NC(=S)[C@@H](C#N)c2c(C#N)c(N)nc(N3CCCCC3)c2C#N)cc1. The molecule has 0 amide bonds. The van der Waals surface area contributed by atoms with Gasteiger partial charge in [-0.25, -0.2) is 4.98 Å². The second-order valence-electron chi connectivity index (χ2n) is 7.17. The first-order chi connectivity index (χ1) is 14.5. The summed E-state index contributed by atoms with van der Waals surface area (Å²) in [6.45, 7) is 3.46. The van der Waals surface area contributed by atoms with Crippen LogP contribution in [0.5, 0.6) is 0 Å². The van der Waals surface area contributed by atoms with E-state index in [0.29, 0.717) is 5.82 Å². The average molecular weight is 416 g/mol. The van der Waals surface area contributed by atoms with Crippen LogP contribution < -0.4 is 16.0 Å². The van der Waals surface area contributed by atoms with Crippen molar-refractivity contribution in [2.75, 3.05) is 29.0 Å². The molecule has 0 radical (unpaired) electrons. The Bertz CT molecular complexity index is 1080. The predicted octanol–water partition coefficient (Wildman–Crippen LogP) is 3.75. The first kappa shape index (κ1) is 21.0. The minimum absolute atomic E-state index is 0.00505. The Labute approximate surface area is 181 Å². The topological polar surface area (TPSA) is 126 Å². The molecule has 0 bridgehead atoms. The molecule has 0 saturated carbocycles. The molecule has 2 heterocycles. The highest BCUT2D eigenvalue weighted by Gasteiger charge is 2.30. The van der Waals surface area contributed by atoms with E-state index in [9.17, 15) is 15.8 Å². The number of pyridine rings is 1. The molecule has 0 spiro atoms. The number of aryl methyl sites for hydroxylation is 1. The summed E-state index contributed by atoms with van der Waals surface area (Å²) in [6.07, 6.45) is 3.08. The largest absolute Gasteiger partial charge is 0.383 e. The minimum atomic E-state index is -1.01. The molecule has 0 aliphatic carbocycles. The zero-order valence-corrected chi connectivity index (χ0v) is 17.5. The molecule has 2 aromatic rings. The first-order valence-electron chi connectivity index (χ1n) is 9.65. The maximum atomic E-state index is 9.95. The molecule has 1 saturated heterocycles. The Hall–Kier alpha value is -3.67. The maximum Gasteiger partial charge on any atom is 0.149 e. The standard InChI is InChI=1S/C22H21N7S/c1-14-5-7-15(8-6-14)27-22(30)18(13-25)19-16(11-23)20(26)28-21(17(19)12-24)29-9-3-2-4-10-29/h5-8,18H,2-4,9-10H2,1H3,(H2,26,28)(H,27,30)/t18-/m0/s1. The van der Waals surface area contributed by atoms with Gasteiger partial charge in [-0.1, -0.05) is 29.9 Å². The Morgan fingerprint density at radius 1 is 1.10 bits per heavy atom. The molecule has 1 aromatic heterocycles. The number of nitrogen functional groups attached to an aromatic ring is 1. The summed E-state index contributed by atoms with van der Waals surface area (Å²) >= 11 is 5.50. The molecule has 0 unspecified atom stereocenters.